The zero-order chi connectivity index (χ0) is 11.7. The quantitative estimate of drug-likeness (QED) is 0.468. The second kappa shape index (κ2) is 4.36. The molecule has 2 fully saturated rings. The van der Waals surface area contributed by atoms with E-state index in [2.05, 4.69) is 5.32 Å². The number of amides is 3. The van der Waals surface area contributed by atoms with Gasteiger partial charge in [-0.1, -0.05) is 0 Å². The van der Waals surface area contributed by atoms with Gasteiger partial charge >= 0.3 is 6.03 Å². The summed E-state index contributed by atoms with van der Waals surface area (Å²) in [6.45, 7) is 1.59. The third-order valence-electron chi connectivity index (χ3n) is 2.91. The lowest BCUT2D eigenvalue weighted by Gasteiger charge is -2.18. The standard InChI is InChI=1S/C9H15N3O4/c13-6-4-11(5-7(6)14)1-2-12-8(15)3-10-9(12)16/h6-7,13-14H,1-5H2,(H,10,16)/t6-,7+. The maximum absolute atomic E-state index is 11.2. The van der Waals surface area contributed by atoms with Gasteiger partial charge < -0.3 is 15.5 Å². The van der Waals surface area contributed by atoms with Crippen LogP contribution in [0.4, 0.5) is 4.79 Å². The van der Waals surface area contributed by atoms with E-state index < -0.39 is 12.2 Å². The number of nitrogens with zero attached hydrogens (tertiary/aromatic N) is 2. The molecule has 2 rings (SSSR count). The highest BCUT2D eigenvalue weighted by molar-refractivity contribution is 6.01. The summed E-state index contributed by atoms with van der Waals surface area (Å²) in [6.07, 6.45) is -1.47. The van der Waals surface area contributed by atoms with Crippen molar-refractivity contribution in [1.29, 1.82) is 0 Å². The Morgan fingerprint density at radius 1 is 1.19 bits per heavy atom. The number of carbonyl (C=O) groups excluding carboxylic acids is 2. The second-order valence-electron chi connectivity index (χ2n) is 4.10. The molecule has 7 nitrogen and oxygen atoms in total. The summed E-state index contributed by atoms with van der Waals surface area (Å²) in [7, 11) is 0. The average Bonchev–Trinajstić information content (AvgIpc) is 2.70. The molecule has 0 radical (unpaired) electrons. The molecule has 7 heteroatoms. The lowest BCUT2D eigenvalue weighted by Crippen LogP contribution is -2.38. The second-order valence-corrected chi connectivity index (χ2v) is 4.10. The van der Waals surface area contributed by atoms with Crippen LogP contribution in [0.1, 0.15) is 0 Å². The molecule has 0 spiro atoms. The Labute approximate surface area is 92.6 Å². The van der Waals surface area contributed by atoms with Crippen LogP contribution >= 0.6 is 0 Å². The number of likely N-dealkylation sites (tertiary alicyclic amines) is 1. The van der Waals surface area contributed by atoms with Gasteiger partial charge in [-0.3, -0.25) is 14.6 Å². The van der Waals surface area contributed by atoms with E-state index in [1.165, 1.54) is 0 Å². The minimum atomic E-state index is -0.733. The first-order chi connectivity index (χ1) is 7.58. The van der Waals surface area contributed by atoms with Crippen LogP contribution in [-0.2, 0) is 4.79 Å². The molecule has 2 saturated heterocycles. The summed E-state index contributed by atoms with van der Waals surface area (Å²) < 4.78 is 0. The van der Waals surface area contributed by atoms with Gasteiger partial charge in [-0.05, 0) is 0 Å². The SMILES string of the molecule is O=C1CNC(=O)N1CCN1C[C@@H](O)[C@@H](O)C1. The molecule has 2 aliphatic rings. The molecule has 0 aromatic heterocycles. The van der Waals surface area contributed by atoms with Gasteiger partial charge in [-0.25, -0.2) is 4.79 Å². The summed E-state index contributed by atoms with van der Waals surface area (Å²) in [6, 6.07) is -0.370. The van der Waals surface area contributed by atoms with E-state index in [0.717, 1.165) is 4.90 Å². The van der Waals surface area contributed by atoms with E-state index in [-0.39, 0.29) is 18.5 Å². The van der Waals surface area contributed by atoms with Crippen LogP contribution in [0.3, 0.4) is 0 Å². The maximum atomic E-state index is 11.2. The smallest absolute Gasteiger partial charge is 0.324 e. The van der Waals surface area contributed by atoms with Gasteiger partial charge in [-0.15, -0.1) is 0 Å². The fourth-order valence-electron chi connectivity index (χ4n) is 1.95. The van der Waals surface area contributed by atoms with E-state index in [1.54, 1.807) is 0 Å². The van der Waals surface area contributed by atoms with E-state index in [0.29, 0.717) is 26.2 Å². The summed E-state index contributed by atoms with van der Waals surface area (Å²) in [5.74, 6) is -0.231. The number of hydrogen-bond acceptors (Lipinski definition) is 5. The number of urea groups is 1. The molecule has 16 heavy (non-hydrogen) atoms. The lowest BCUT2D eigenvalue weighted by molar-refractivity contribution is -0.125. The molecule has 2 aliphatic heterocycles. The van der Waals surface area contributed by atoms with Crippen LogP contribution in [-0.4, -0.2) is 76.9 Å². The third kappa shape index (κ3) is 2.16. The molecule has 0 aromatic rings. The van der Waals surface area contributed by atoms with E-state index in [9.17, 15) is 19.8 Å². The first-order valence-electron chi connectivity index (χ1n) is 5.24. The van der Waals surface area contributed by atoms with Crippen LogP contribution in [0.25, 0.3) is 0 Å². The minimum absolute atomic E-state index is 0.0596. The average molecular weight is 229 g/mol. The molecule has 0 saturated carbocycles. The van der Waals surface area contributed by atoms with E-state index in [4.69, 9.17) is 0 Å². The van der Waals surface area contributed by atoms with Crippen molar-refractivity contribution in [2.75, 3.05) is 32.7 Å². The molecular formula is C9H15N3O4. The van der Waals surface area contributed by atoms with Gasteiger partial charge in [0.1, 0.15) is 0 Å². The molecular weight excluding hydrogens is 214 g/mol. The molecule has 0 bridgehead atoms. The Balaban J connectivity index is 1.80. The van der Waals surface area contributed by atoms with Gasteiger partial charge in [0.05, 0.1) is 18.8 Å². The van der Waals surface area contributed by atoms with Crippen LogP contribution in [0.2, 0.25) is 0 Å². The van der Waals surface area contributed by atoms with E-state index >= 15 is 0 Å². The van der Waals surface area contributed by atoms with Crippen molar-refractivity contribution in [3.63, 3.8) is 0 Å². The van der Waals surface area contributed by atoms with Crippen molar-refractivity contribution in [1.82, 2.24) is 15.1 Å². The number of carbonyl (C=O) groups is 2. The highest BCUT2D eigenvalue weighted by Gasteiger charge is 2.32. The number of hydrogen-bond donors (Lipinski definition) is 3. The number of aliphatic hydroxyl groups excluding tert-OH is 2. The molecule has 2 heterocycles. The molecule has 0 aliphatic carbocycles. The number of rotatable bonds is 3. The molecule has 2 atom stereocenters. The number of β-amino-alcohol motifs (C(OH)–C–C–N with tert-alkyl or cyclic N) is 2. The Morgan fingerprint density at radius 2 is 1.81 bits per heavy atom. The highest BCUT2D eigenvalue weighted by Crippen LogP contribution is 2.10. The van der Waals surface area contributed by atoms with Gasteiger partial charge in [0.2, 0.25) is 5.91 Å². The maximum Gasteiger partial charge on any atom is 0.324 e. The molecule has 90 valence electrons. The van der Waals surface area contributed by atoms with Crippen LogP contribution in [0, 0.1) is 0 Å². The predicted molar refractivity (Wildman–Crippen MR) is 53.6 cm³/mol. The Bertz CT molecular complexity index is 283. The summed E-state index contributed by atoms with van der Waals surface area (Å²) >= 11 is 0. The van der Waals surface area contributed by atoms with Crippen molar-refractivity contribution in [3.8, 4) is 0 Å². The van der Waals surface area contributed by atoms with Gasteiger partial charge in [0.15, 0.2) is 0 Å². The highest BCUT2D eigenvalue weighted by atomic mass is 16.3. The van der Waals surface area contributed by atoms with Crippen molar-refractivity contribution >= 4 is 11.9 Å². The topological polar surface area (TPSA) is 93.1 Å². The number of nitrogens with one attached hydrogen (secondary N) is 1. The van der Waals surface area contributed by atoms with Crippen molar-refractivity contribution in [2.24, 2.45) is 0 Å². The zero-order valence-corrected chi connectivity index (χ0v) is 8.80. The first kappa shape index (κ1) is 11.3. The predicted octanol–water partition coefficient (Wildman–Crippen LogP) is -2.42. The molecule has 3 amide bonds. The normalized spacial score (nSPS) is 31.2. The van der Waals surface area contributed by atoms with Gasteiger partial charge in [0, 0.05) is 26.2 Å². The Morgan fingerprint density at radius 3 is 2.31 bits per heavy atom. The largest absolute Gasteiger partial charge is 0.389 e. The zero-order valence-electron chi connectivity index (χ0n) is 8.80. The minimum Gasteiger partial charge on any atom is -0.389 e. The van der Waals surface area contributed by atoms with E-state index in [1.807, 2.05) is 4.90 Å². The van der Waals surface area contributed by atoms with Crippen LogP contribution < -0.4 is 5.32 Å². The summed E-state index contributed by atoms with van der Waals surface area (Å²) in [5, 5.41) is 21.1. The van der Waals surface area contributed by atoms with Gasteiger partial charge in [0.25, 0.3) is 0 Å². The van der Waals surface area contributed by atoms with Crippen molar-refractivity contribution in [2.45, 2.75) is 12.2 Å². The molecule has 0 aromatic carbocycles. The molecule has 0 unspecified atom stereocenters. The van der Waals surface area contributed by atoms with Crippen molar-refractivity contribution < 1.29 is 19.8 Å². The fraction of sp³-hybridized carbons (Fsp3) is 0.778. The van der Waals surface area contributed by atoms with Crippen LogP contribution in [0.5, 0.6) is 0 Å². The van der Waals surface area contributed by atoms with Crippen LogP contribution in [0.15, 0.2) is 0 Å². The summed E-state index contributed by atoms with van der Waals surface area (Å²) in [4.78, 5) is 25.4. The lowest BCUT2D eigenvalue weighted by atomic mass is 10.3. The monoisotopic (exact) mass is 229 g/mol. The van der Waals surface area contributed by atoms with Crippen molar-refractivity contribution in [3.05, 3.63) is 0 Å². The fourth-order valence-corrected chi connectivity index (χ4v) is 1.95. The molecule has 3 N–H and O–H groups in total. The Hall–Kier alpha value is -1.18. The number of imide groups is 1. The first-order valence-corrected chi connectivity index (χ1v) is 5.24. The van der Waals surface area contributed by atoms with Gasteiger partial charge in [-0.2, -0.15) is 0 Å². The number of aliphatic hydroxyl groups is 2. The Kier molecular flexibility index (Phi) is 3.08. The third-order valence-corrected chi connectivity index (χ3v) is 2.91. The summed E-state index contributed by atoms with van der Waals surface area (Å²) in [5.41, 5.74) is 0.